The van der Waals surface area contributed by atoms with E-state index in [1.54, 1.807) is 28.0 Å². The highest BCUT2D eigenvalue weighted by molar-refractivity contribution is 8.14. The normalized spacial score (nSPS) is 16.7. The number of thioether (sulfide) groups is 3. The zero-order chi connectivity index (χ0) is 44.8. The van der Waals surface area contributed by atoms with Gasteiger partial charge in [0.2, 0.25) is 0 Å². The Morgan fingerprint density at radius 2 is 0.950 bits per heavy atom. The molecule has 336 valence electrons. The van der Waals surface area contributed by atoms with Crippen molar-refractivity contribution in [2.24, 2.45) is 17.2 Å². The molecular formula is C34H54N10O13S3. The molecule has 0 aliphatic carbocycles. The van der Waals surface area contributed by atoms with E-state index >= 15 is 0 Å². The summed E-state index contributed by atoms with van der Waals surface area (Å²) >= 11 is 2.07. The van der Waals surface area contributed by atoms with Gasteiger partial charge in [-0.1, -0.05) is 41.4 Å². The van der Waals surface area contributed by atoms with E-state index in [2.05, 4.69) is 16.0 Å². The number of aliphatic carboxylic acids is 5. The van der Waals surface area contributed by atoms with Gasteiger partial charge in [-0.2, -0.15) is 0 Å². The number of fused-ring (bicyclic) bond motifs is 2. The molecule has 1 aliphatic heterocycles. The van der Waals surface area contributed by atoms with Gasteiger partial charge in [-0.25, -0.2) is 0 Å². The van der Waals surface area contributed by atoms with Crippen LogP contribution in [-0.4, -0.2) is 191 Å². The van der Waals surface area contributed by atoms with Crippen LogP contribution < -0.4 is 33.2 Å². The number of nitrogens with zero attached hydrogens (tertiary/aromatic N) is 4. The summed E-state index contributed by atoms with van der Waals surface area (Å²) in [6.07, 6.45) is 0.376. The van der Waals surface area contributed by atoms with Crippen molar-refractivity contribution in [1.29, 1.82) is 0 Å². The molecule has 14 N–H and O–H groups in total. The van der Waals surface area contributed by atoms with Crippen LogP contribution in [0.5, 0.6) is 0 Å². The Balaban J connectivity index is 2.29. The van der Waals surface area contributed by atoms with Crippen molar-refractivity contribution in [3.63, 3.8) is 0 Å². The van der Waals surface area contributed by atoms with Crippen molar-refractivity contribution in [3.05, 3.63) is 29.6 Å². The van der Waals surface area contributed by atoms with Crippen molar-refractivity contribution in [2.45, 2.75) is 62.6 Å². The SMILES string of the molecule is NC(CSC(=O)NCCC(C(=O)O)N1CCN(CCCNC(=O)SC[C@H](N)C(=O)O)CCN(C(CCNC(=O)SC[C@H](N)C(=O)O)C(=O)O)Cc2cccc(n2)C1)C(=O)O. The third-order valence-electron chi connectivity index (χ3n) is 8.88. The number of carbonyl (C=O) groups is 8. The largest absolute Gasteiger partial charge is 0.480 e. The second kappa shape index (κ2) is 27.5. The van der Waals surface area contributed by atoms with Gasteiger partial charge >= 0.3 is 29.8 Å². The quantitative estimate of drug-likeness (QED) is 0.0565. The minimum atomic E-state index is -1.27. The lowest BCUT2D eigenvalue weighted by molar-refractivity contribution is -0.144. The Bertz CT molecular complexity index is 1540. The molecule has 2 heterocycles. The monoisotopic (exact) mass is 906 g/mol. The van der Waals surface area contributed by atoms with Crippen molar-refractivity contribution in [2.75, 3.05) is 69.6 Å². The maximum Gasteiger partial charge on any atom is 0.321 e. The second-order valence-corrected chi connectivity index (χ2v) is 16.4. The Kier molecular flexibility index (Phi) is 23.8. The van der Waals surface area contributed by atoms with Gasteiger partial charge in [0.1, 0.15) is 30.2 Å². The van der Waals surface area contributed by atoms with Crippen molar-refractivity contribution >= 4 is 80.8 Å². The van der Waals surface area contributed by atoms with Crippen LogP contribution in [0.25, 0.3) is 0 Å². The lowest BCUT2D eigenvalue weighted by atomic mass is 10.1. The topological polar surface area (TPSA) is 374 Å². The van der Waals surface area contributed by atoms with E-state index in [9.17, 15) is 48.6 Å². The molecule has 60 heavy (non-hydrogen) atoms. The molecule has 0 aromatic carbocycles. The summed E-state index contributed by atoms with van der Waals surface area (Å²) in [6.45, 7) is 1.56. The van der Waals surface area contributed by atoms with E-state index < -0.39 is 75.8 Å². The average Bonchev–Trinajstić information content (AvgIpc) is 3.18. The molecule has 1 aromatic rings. The molecule has 2 bridgehead atoms. The van der Waals surface area contributed by atoms with Crippen LogP contribution in [0.1, 0.15) is 30.7 Å². The van der Waals surface area contributed by atoms with Crippen LogP contribution in [0, 0.1) is 0 Å². The van der Waals surface area contributed by atoms with E-state index in [1.165, 1.54) is 0 Å². The molecule has 0 spiro atoms. The molecule has 0 fully saturated rings. The Morgan fingerprint density at radius 3 is 1.30 bits per heavy atom. The Hall–Kier alpha value is -4.28. The smallest absolute Gasteiger partial charge is 0.321 e. The number of hydrogen-bond donors (Lipinski definition) is 11. The fraction of sp³-hybridized carbons (Fsp3) is 0.618. The van der Waals surface area contributed by atoms with Gasteiger partial charge in [0.25, 0.3) is 15.7 Å². The molecule has 1 aromatic heterocycles. The molecule has 23 nitrogen and oxygen atoms in total. The van der Waals surface area contributed by atoms with E-state index in [0.29, 0.717) is 47.9 Å². The van der Waals surface area contributed by atoms with Crippen molar-refractivity contribution < 1.29 is 63.9 Å². The van der Waals surface area contributed by atoms with Gasteiger partial charge in [0.05, 0.1) is 11.4 Å². The number of rotatable bonds is 23. The predicted molar refractivity (Wildman–Crippen MR) is 223 cm³/mol. The van der Waals surface area contributed by atoms with Crippen LogP contribution in [0.2, 0.25) is 0 Å². The lowest BCUT2D eigenvalue weighted by Crippen LogP contribution is -2.49. The molecule has 0 saturated carbocycles. The third kappa shape index (κ3) is 20.3. The molecule has 0 saturated heterocycles. The average molecular weight is 907 g/mol. The fourth-order valence-corrected chi connectivity index (χ4v) is 7.62. The first-order valence-electron chi connectivity index (χ1n) is 18.7. The van der Waals surface area contributed by atoms with E-state index in [4.69, 9.17) is 37.5 Å². The van der Waals surface area contributed by atoms with Crippen LogP contribution in [0.3, 0.4) is 0 Å². The van der Waals surface area contributed by atoms with Gasteiger partial charge in [0.15, 0.2) is 0 Å². The fourth-order valence-electron chi connectivity index (χ4n) is 5.59. The summed E-state index contributed by atoms with van der Waals surface area (Å²) in [5.41, 5.74) is 17.4. The van der Waals surface area contributed by atoms with Gasteiger partial charge in [0, 0.05) is 76.2 Å². The van der Waals surface area contributed by atoms with E-state index in [1.807, 2.05) is 4.90 Å². The maximum absolute atomic E-state index is 12.7. The molecule has 1 aliphatic rings. The highest BCUT2D eigenvalue weighted by Crippen LogP contribution is 2.17. The first kappa shape index (κ1) is 51.9. The number of carboxylic acids is 5. The summed E-state index contributed by atoms with van der Waals surface area (Å²) in [5.74, 6) is -6.58. The van der Waals surface area contributed by atoms with Crippen LogP contribution >= 0.6 is 35.3 Å². The Morgan fingerprint density at radius 1 is 0.583 bits per heavy atom. The first-order chi connectivity index (χ1) is 28.4. The highest BCUT2D eigenvalue weighted by atomic mass is 32.2. The standard InChI is InChI=1S/C34H54N10O13S3/c35-22(27(45)46)17-58-32(55)38-7-2-10-42-11-13-43(25(30(51)52)5-8-39-33(56)59-18-23(36)28(47)48)15-20-3-1-4-21(41-20)16-44(14-12-42)26(31(53)54)6-9-40-34(57)60-19-24(37)29(49)50/h1,3-4,22-26H,2,5-19,35-37H2,(H,38,55)(H,39,56)(H,40,57)(H,45,46)(H,47,48)(H,49,50)(H,51,52)(H,53,54)/t22-,23-,24?,25?,26?/m0/s1. The number of amides is 3. The van der Waals surface area contributed by atoms with Gasteiger partial charge in [-0.05, 0) is 37.9 Å². The summed E-state index contributed by atoms with van der Waals surface area (Å²) in [6, 6.07) is -0.787. The van der Waals surface area contributed by atoms with E-state index in [-0.39, 0.29) is 89.0 Å². The molecular weight excluding hydrogens is 853 g/mol. The van der Waals surface area contributed by atoms with Gasteiger partial charge in [-0.15, -0.1) is 0 Å². The number of pyridine rings is 1. The van der Waals surface area contributed by atoms with Crippen LogP contribution in [0.4, 0.5) is 14.4 Å². The lowest BCUT2D eigenvalue weighted by Gasteiger charge is -2.35. The summed E-state index contributed by atoms with van der Waals surface area (Å²) in [4.78, 5) is 105. The number of carbonyl (C=O) groups excluding carboxylic acids is 3. The zero-order valence-electron chi connectivity index (χ0n) is 32.7. The molecule has 3 unspecified atom stereocenters. The minimum Gasteiger partial charge on any atom is -0.480 e. The highest BCUT2D eigenvalue weighted by Gasteiger charge is 2.30. The third-order valence-corrected chi connectivity index (χ3v) is 11.7. The van der Waals surface area contributed by atoms with Crippen LogP contribution in [-0.2, 0) is 37.1 Å². The number of carboxylic acid groups (broad SMARTS) is 5. The Labute approximate surface area is 358 Å². The summed E-state index contributed by atoms with van der Waals surface area (Å²) < 4.78 is 0. The molecule has 26 heteroatoms. The predicted octanol–water partition coefficient (Wildman–Crippen LogP) is -1.36. The number of aromatic nitrogens is 1. The zero-order valence-corrected chi connectivity index (χ0v) is 35.1. The first-order valence-corrected chi connectivity index (χ1v) is 21.6. The number of hydrogen-bond acceptors (Lipinski definition) is 18. The van der Waals surface area contributed by atoms with Crippen LogP contribution in [0.15, 0.2) is 18.2 Å². The molecule has 2 rings (SSSR count). The molecule has 5 atom stereocenters. The number of nitrogens with one attached hydrogen (secondary N) is 3. The molecule has 3 amide bonds. The number of nitrogens with two attached hydrogens (primary N) is 3. The minimum absolute atomic E-state index is 0.0168. The summed E-state index contributed by atoms with van der Waals surface area (Å²) in [7, 11) is 0. The van der Waals surface area contributed by atoms with Gasteiger partial charge < -0.3 is 63.6 Å². The van der Waals surface area contributed by atoms with E-state index in [0.717, 1.165) is 11.8 Å². The molecule has 0 radical (unpaired) electrons. The maximum atomic E-state index is 12.7. The summed E-state index contributed by atoms with van der Waals surface area (Å²) in [5, 5.41) is 53.9. The van der Waals surface area contributed by atoms with Crippen molar-refractivity contribution in [1.82, 2.24) is 35.6 Å². The van der Waals surface area contributed by atoms with Gasteiger partial charge in [-0.3, -0.25) is 53.1 Å². The van der Waals surface area contributed by atoms with Crippen molar-refractivity contribution in [3.8, 4) is 0 Å². The second-order valence-electron chi connectivity index (χ2n) is 13.5.